The average molecular weight is 503 g/mol. The van der Waals surface area contributed by atoms with Gasteiger partial charge in [-0.1, -0.05) is 31.2 Å². The maximum absolute atomic E-state index is 14.2. The molecule has 1 spiro atoms. The zero-order valence-electron chi connectivity index (χ0n) is 22.2. The van der Waals surface area contributed by atoms with Crippen molar-refractivity contribution in [3.05, 3.63) is 24.3 Å². The summed E-state index contributed by atoms with van der Waals surface area (Å²) in [6.45, 7) is 9.11. The van der Waals surface area contributed by atoms with Crippen LogP contribution in [0.3, 0.4) is 0 Å². The van der Waals surface area contributed by atoms with Gasteiger partial charge in [0.15, 0.2) is 0 Å². The molecular weight excluding hydrogens is 460 g/mol. The van der Waals surface area contributed by atoms with Crippen molar-refractivity contribution in [1.82, 2.24) is 9.80 Å². The minimum Gasteiger partial charge on any atom is -0.465 e. The van der Waals surface area contributed by atoms with Crippen molar-refractivity contribution in [2.45, 2.75) is 95.4 Å². The Labute approximate surface area is 214 Å². The van der Waals surface area contributed by atoms with Crippen molar-refractivity contribution >= 4 is 17.8 Å². The Morgan fingerprint density at radius 1 is 1.03 bits per heavy atom. The number of nitrogens with zero attached hydrogens (tertiary/aromatic N) is 2. The van der Waals surface area contributed by atoms with Crippen molar-refractivity contribution in [3.8, 4) is 0 Å². The molecule has 4 heterocycles. The first-order valence-corrected chi connectivity index (χ1v) is 13.6. The molecule has 8 nitrogen and oxygen atoms in total. The normalized spacial score (nSPS) is 35.7. The molecule has 0 aromatic carbocycles. The number of cyclic esters (lactones) is 1. The van der Waals surface area contributed by atoms with Crippen LogP contribution in [0.1, 0.15) is 72.6 Å². The Bertz CT molecular complexity index is 923. The molecule has 8 heteroatoms. The predicted molar refractivity (Wildman–Crippen MR) is 135 cm³/mol. The second-order valence-corrected chi connectivity index (χ2v) is 11.5. The van der Waals surface area contributed by atoms with E-state index >= 15 is 0 Å². The highest BCUT2D eigenvalue weighted by atomic mass is 16.6. The van der Waals surface area contributed by atoms with Crippen molar-refractivity contribution < 1.29 is 29.0 Å². The largest absolute Gasteiger partial charge is 0.465 e. The minimum absolute atomic E-state index is 0.0891. The number of carbonyl (C=O) groups excluding carboxylic acids is 3. The van der Waals surface area contributed by atoms with Crippen molar-refractivity contribution in [2.75, 3.05) is 26.3 Å². The molecule has 2 amide bonds. The lowest BCUT2D eigenvalue weighted by molar-refractivity contribution is -0.162. The van der Waals surface area contributed by atoms with Crippen LogP contribution < -0.4 is 0 Å². The fourth-order valence-electron chi connectivity index (χ4n) is 6.45. The van der Waals surface area contributed by atoms with Gasteiger partial charge in [-0.05, 0) is 65.7 Å². The summed E-state index contributed by atoms with van der Waals surface area (Å²) in [5.74, 6) is -2.46. The summed E-state index contributed by atoms with van der Waals surface area (Å²) in [6.07, 6.45) is 12.9. The van der Waals surface area contributed by atoms with E-state index in [-0.39, 0.29) is 18.4 Å². The quantitative estimate of drug-likeness (QED) is 0.341. The van der Waals surface area contributed by atoms with Gasteiger partial charge >= 0.3 is 5.97 Å². The van der Waals surface area contributed by atoms with Crippen LogP contribution in [-0.2, 0) is 23.9 Å². The molecule has 200 valence electrons. The van der Waals surface area contributed by atoms with Crippen LogP contribution in [0, 0.1) is 11.8 Å². The predicted octanol–water partition coefficient (Wildman–Crippen LogP) is 2.99. The number of rotatable bonds is 6. The molecule has 36 heavy (non-hydrogen) atoms. The molecule has 1 N–H and O–H groups in total. The lowest BCUT2D eigenvalue weighted by Crippen LogP contribution is -2.59. The van der Waals surface area contributed by atoms with E-state index in [0.717, 1.165) is 25.7 Å². The summed E-state index contributed by atoms with van der Waals surface area (Å²) in [5, 5.41) is 9.21. The second-order valence-electron chi connectivity index (χ2n) is 11.5. The van der Waals surface area contributed by atoms with Gasteiger partial charge in [0, 0.05) is 25.2 Å². The number of amides is 2. The number of ether oxygens (including phenoxy) is 2. The fourth-order valence-corrected chi connectivity index (χ4v) is 6.45. The second kappa shape index (κ2) is 10.3. The van der Waals surface area contributed by atoms with Crippen LogP contribution in [0.4, 0.5) is 0 Å². The van der Waals surface area contributed by atoms with Gasteiger partial charge in [0.2, 0.25) is 11.8 Å². The maximum atomic E-state index is 14.2. The standard InChI is InChI=1S/C28H42N2O6/c1-5-27-14-9-6-7-12-19-35-25(34)21(27)20-23(32)29(16-10-8-11-18-31)22-24(33)30(26(2,3)4)17-13-15-28(20,22)36-27/h9,13-15,20-22,31H,5-8,10-12,16-19H2,1-4H3/b14-9-/t20-,21+,22?,27-,28-/m0/s1. The number of hydrogen-bond donors (Lipinski definition) is 1. The van der Waals surface area contributed by atoms with Crippen LogP contribution >= 0.6 is 0 Å². The zero-order valence-corrected chi connectivity index (χ0v) is 22.2. The van der Waals surface area contributed by atoms with E-state index < -0.39 is 40.6 Å². The molecule has 1 unspecified atom stereocenters. The smallest absolute Gasteiger partial charge is 0.313 e. The van der Waals surface area contributed by atoms with Crippen LogP contribution in [0.5, 0.6) is 0 Å². The Hall–Kier alpha value is -2.19. The first-order valence-electron chi connectivity index (χ1n) is 13.6. The van der Waals surface area contributed by atoms with Crippen LogP contribution in [0.2, 0.25) is 0 Å². The average Bonchev–Trinajstić information content (AvgIpc) is 3.17. The molecule has 4 aliphatic heterocycles. The molecule has 2 saturated heterocycles. The third-order valence-electron chi connectivity index (χ3n) is 8.25. The zero-order chi connectivity index (χ0) is 26.1. The molecule has 0 aromatic heterocycles. The topological polar surface area (TPSA) is 96.4 Å². The summed E-state index contributed by atoms with van der Waals surface area (Å²) in [7, 11) is 0. The van der Waals surface area contributed by atoms with E-state index in [4.69, 9.17) is 9.47 Å². The van der Waals surface area contributed by atoms with E-state index in [2.05, 4.69) is 6.08 Å². The summed E-state index contributed by atoms with van der Waals surface area (Å²) in [6, 6.07) is -0.857. The first kappa shape index (κ1) is 26.9. The number of aliphatic hydroxyl groups is 1. The third-order valence-corrected chi connectivity index (χ3v) is 8.25. The van der Waals surface area contributed by atoms with Gasteiger partial charge in [0.25, 0.3) is 0 Å². The number of allylic oxidation sites excluding steroid dienone is 1. The number of unbranched alkanes of at least 4 members (excludes halogenated alkanes) is 2. The highest BCUT2D eigenvalue weighted by Crippen LogP contribution is 2.58. The molecule has 0 aromatic rings. The van der Waals surface area contributed by atoms with Gasteiger partial charge in [0.1, 0.15) is 23.2 Å². The lowest BCUT2D eigenvalue weighted by atomic mass is 9.73. The number of hydrogen-bond acceptors (Lipinski definition) is 6. The number of likely N-dealkylation sites (tertiary alicyclic amines) is 1. The summed E-state index contributed by atoms with van der Waals surface area (Å²) in [5.41, 5.74) is -2.71. The molecule has 0 saturated carbocycles. The molecule has 0 radical (unpaired) electrons. The number of aliphatic hydroxyl groups excluding tert-OH is 1. The van der Waals surface area contributed by atoms with E-state index in [1.54, 1.807) is 9.80 Å². The minimum atomic E-state index is -1.25. The summed E-state index contributed by atoms with van der Waals surface area (Å²) < 4.78 is 12.6. The highest BCUT2D eigenvalue weighted by molar-refractivity contribution is 5.99. The maximum Gasteiger partial charge on any atom is 0.313 e. The number of carbonyl (C=O) groups is 3. The van der Waals surface area contributed by atoms with Gasteiger partial charge in [-0.2, -0.15) is 0 Å². The first-order chi connectivity index (χ1) is 17.1. The SMILES string of the molecule is CC[C@]12/C=C\CCCCOC(=O)[C@H]1[C@H]1C(=O)N(CCCCCO)C3C(=O)N(C(C)(C)C)CC=C[C@@]31O2. The summed E-state index contributed by atoms with van der Waals surface area (Å²) in [4.78, 5) is 45.4. The van der Waals surface area contributed by atoms with Gasteiger partial charge in [-0.3, -0.25) is 14.4 Å². The highest BCUT2D eigenvalue weighted by Gasteiger charge is 2.75. The Balaban J connectivity index is 1.84. The van der Waals surface area contributed by atoms with Gasteiger partial charge in [0.05, 0.1) is 12.5 Å². The molecule has 4 aliphatic rings. The molecule has 0 aliphatic carbocycles. The van der Waals surface area contributed by atoms with Gasteiger partial charge in [-0.15, -0.1) is 0 Å². The van der Waals surface area contributed by atoms with E-state index in [1.165, 1.54) is 0 Å². The molecule has 5 atom stereocenters. The van der Waals surface area contributed by atoms with Crippen LogP contribution in [-0.4, -0.2) is 81.8 Å². The fraction of sp³-hybridized carbons (Fsp3) is 0.750. The van der Waals surface area contributed by atoms with Crippen LogP contribution in [0.15, 0.2) is 24.3 Å². The molecule has 4 rings (SSSR count). The van der Waals surface area contributed by atoms with Crippen LogP contribution in [0.25, 0.3) is 0 Å². The summed E-state index contributed by atoms with van der Waals surface area (Å²) >= 11 is 0. The van der Waals surface area contributed by atoms with Crippen molar-refractivity contribution in [1.29, 1.82) is 0 Å². The number of esters is 1. The Morgan fingerprint density at radius 2 is 1.81 bits per heavy atom. The van der Waals surface area contributed by atoms with Crippen molar-refractivity contribution in [3.63, 3.8) is 0 Å². The molecule has 0 bridgehead atoms. The third kappa shape index (κ3) is 4.40. The lowest BCUT2D eigenvalue weighted by Gasteiger charge is -2.41. The van der Waals surface area contributed by atoms with Crippen molar-refractivity contribution in [2.24, 2.45) is 11.8 Å². The van der Waals surface area contributed by atoms with E-state index in [9.17, 15) is 19.5 Å². The Kier molecular flexibility index (Phi) is 7.68. The molecular formula is C28H42N2O6. The van der Waals surface area contributed by atoms with E-state index in [1.807, 2.05) is 45.9 Å². The number of fused-ring (bicyclic) bond motifs is 2. The monoisotopic (exact) mass is 502 g/mol. The van der Waals surface area contributed by atoms with Gasteiger partial charge < -0.3 is 24.4 Å². The molecule has 2 fully saturated rings. The van der Waals surface area contributed by atoms with E-state index in [0.29, 0.717) is 39.0 Å². The Morgan fingerprint density at radius 3 is 2.50 bits per heavy atom. The van der Waals surface area contributed by atoms with Gasteiger partial charge in [-0.25, -0.2) is 0 Å².